The minimum atomic E-state index is -0.237. The highest BCUT2D eigenvalue weighted by Gasteiger charge is 2.20. The molecule has 0 bridgehead atoms. The first-order chi connectivity index (χ1) is 14.6. The zero-order valence-electron chi connectivity index (χ0n) is 17.5. The molecular formula is C25H29FN2O2. The van der Waals surface area contributed by atoms with Gasteiger partial charge in [0.15, 0.2) is 5.78 Å². The first-order valence-corrected chi connectivity index (χ1v) is 10.9. The number of ketones is 1. The SMILES string of the molecule is CCC(=O)c1cn(CCCN2CCC(Oc3ccc(F)cc3)CC2)c2ccccc12. The van der Waals surface area contributed by atoms with E-state index in [1.165, 1.54) is 12.1 Å². The fourth-order valence-electron chi connectivity index (χ4n) is 4.27. The van der Waals surface area contributed by atoms with E-state index in [0.29, 0.717) is 6.42 Å². The average molecular weight is 409 g/mol. The number of carbonyl (C=O) groups excluding carboxylic acids is 1. The number of aryl methyl sites for hydroxylation is 1. The van der Waals surface area contributed by atoms with Gasteiger partial charge in [0.1, 0.15) is 17.7 Å². The Balaban J connectivity index is 1.27. The second-order valence-corrected chi connectivity index (χ2v) is 8.00. The zero-order valence-corrected chi connectivity index (χ0v) is 17.5. The number of fused-ring (bicyclic) bond motifs is 1. The molecule has 4 rings (SSSR count). The molecule has 0 N–H and O–H groups in total. The molecule has 0 spiro atoms. The Bertz CT molecular complexity index is 988. The number of nitrogens with zero attached hydrogens (tertiary/aromatic N) is 2. The van der Waals surface area contributed by atoms with Gasteiger partial charge in [-0.15, -0.1) is 0 Å². The van der Waals surface area contributed by atoms with Crippen LogP contribution in [0.15, 0.2) is 54.7 Å². The molecule has 1 aliphatic heterocycles. The number of hydrogen-bond donors (Lipinski definition) is 0. The molecule has 1 aliphatic rings. The summed E-state index contributed by atoms with van der Waals surface area (Å²) in [4.78, 5) is 14.8. The lowest BCUT2D eigenvalue weighted by molar-refractivity contribution is 0.0989. The summed E-state index contributed by atoms with van der Waals surface area (Å²) in [5, 5.41) is 1.06. The van der Waals surface area contributed by atoms with Crippen LogP contribution in [0.2, 0.25) is 0 Å². The van der Waals surface area contributed by atoms with Gasteiger partial charge in [-0.05, 0) is 56.1 Å². The van der Waals surface area contributed by atoms with Gasteiger partial charge in [0, 0.05) is 48.7 Å². The minimum Gasteiger partial charge on any atom is -0.490 e. The Morgan fingerprint density at radius 1 is 1.07 bits per heavy atom. The molecule has 30 heavy (non-hydrogen) atoms. The van der Waals surface area contributed by atoms with Crippen molar-refractivity contribution in [1.29, 1.82) is 0 Å². The van der Waals surface area contributed by atoms with E-state index < -0.39 is 0 Å². The van der Waals surface area contributed by atoms with Crippen molar-refractivity contribution in [3.63, 3.8) is 0 Å². The Labute approximate surface area is 177 Å². The van der Waals surface area contributed by atoms with Gasteiger partial charge in [-0.3, -0.25) is 4.79 Å². The predicted molar refractivity (Wildman–Crippen MR) is 118 cm³/mol. The van der Waals surface area contributed by atoms with Gasteiger partial charge in [-0.25, -0.2) is 4.39 Å². The molecule has 158 valence electrons. The summed E-state index contributed by atoms with van der Waals surface area (Å²) in [6.07, 6.45) is 5.77. The predicted octanol–water partition coefficient (Wildman–Crippen LogP) is 5.31. The summed E-state index contributed by atoms with van der Waals surface area (Å²) in [6, 6.07) is 14.4. The third-order valence-corrected chi connectivity index (χ3v) is 5.93. The van der Waals surface area contributed by atoms with Crippen LogP contribution in [0.25, 0.3) is 10.9 Å². The van der Waals surface area contributed by atoms with Crippen molar-refractivity contribution in [2.45, 2.75) is 45.3 Å². The molecule has 4 nitrogen and oxygen atoms in total. The normalized spacial score (nSPS) is 15.5. The summed E-state index contributed by atoms with van der Waals surface area (Å²) in [7, 11) is 0. The maximum absolute atomic E-state index is 13.0. The fraction of sp³-hybridized carbons (Fsp3) is 0.400. The quantitative estimate of drug-likeness (QED) is 0.474. The van der Waals surface area contributed by atoms with E-state index in [1.54, 1.807) is 12.1 Å². The highest BCUT2D eigenvalue weighted by atomic mass is 19.1. The van der Waals surface area contributed by atoms with Crippen LogP contribution in [0.4, 0.5) is 4.39 Å². The van der Waals surface area contributed by atoms with Crippen molar-refractivity contribution >= 4 is 16.7 Å². The maximum Gasteiger partial charge on any atom is 0.164 e. The molecule has 1 aromatic heterocycles. The number of piperidine rings is 1. The number of halogens is 1. The summed E-state index contributed by atoms with van der Waals surface area (Å²) >= 11 is 0. The van der Waals surface area contributed by atoms with Crippen molar-refractivity contribution in [2.75, 3.05) is 19.6 Å². The van der Waals surface area contributed by atoms with Gasteiger partial charge in [-0.2, -0.15) is 0 Å². The van der Waals surface area contributed by atoms with E-state index in [0.717, 1.165) is 67.7 Å². The van der Waals surface area contributed by atoms with E-state index in [2.05, 4.69) is 15.5 Å². The van der Waals surface area contributed by atoms with Gasteiger partial charge in [-0.1, -0.05) is 25.1 Å². The van der Waals surface area contributed by atoms with Crippen molar-refractivity contribution in [1.82, 2.24) is 9.47 Å². The van der Waals surface area contributed by atoms with Gasteiger partial charge < -0.3 is 14.2 Å². The number of likely N-dealkylation sites (tertiary alicyclic amines) is 1. The molecule has 0 amide bonds. The number of benzene rings is 2. The van der Waals surface area contributed by atoms with Crippen LogP contribution in [0, 0.1) is 5.82 Å². The lowest BCUT2D eigenvalue weighted by atomic mass is 10.1. The molecule has 0 aliphatic carbocycles. The summed E-state index contributed by atoms with van der Waals surface area (Å²) in [5.74, 6) is 0.707. The van der Waals surface area contributed by atoms with Crippen LogP contribution in [-0.4, -0.2) is 41.0 Å². The van der Waals surface area contributed by atoms with E-state index in [4.69, 9.17) is 4.74 Å². The fourth-order valence-corrected chi connectivity index (χ4v) is 4.27. The van der Waals surface area contributed by atoms with Gasteiger partial charge in [0.05, 0.1) is 0 Å². The smallest absolute Gasteiger partial charge is 0.164 e. The van der Waals surface area contributed by atoms with Gasteiger partial charge in [0.25, 0.3) is 0 Å². The molecule has 3 aromatic rings. The van der Waals surface area contributed by atoms with Crippen molar-refractivity contribution < 1.29 is 13.9 Å². The van der Waals surface area contributed by atoms with E-state index >= 15 is 0 Å². The lowest BCUT2D eigenvalue weighted by Crippen LogP contribution is -2.38. The molecule has 2 aromatic carbocycles. The Morgan fingerprint density at radius 3 is 2.53 bits per heavy atom. The monoisotopic (exact) mass is 408 g/mol. The van der Waals surface area contributed by atoms with Crippen LogP contribution in [-0.2, 0) is 6.54 Å². The zero-order chi connectivity index (χ0) is 20.9. The molecule has 0 radical (unpaired) electrons. The first kappa shape index (κ1) is 20.6. The lowest BCUT2D eigenvalue weighted by Gasteiger charge is -2.32. The molecule has 0 atom stereocenters. The Hall–Kier alpha value is -2.66. The number of Topliss-reactive ketones (excluding diaryl/α,β-unsaturated/α-hetero) is 1. The largest absolute Gasteiger partial charge is 0.490 e. The summed E-state index contributed by atoms with van der Waals surface area (Å²) in [6.45, 7) is 5.88. The third kappa shape index (κ3) is 4.73. The van der Waals surface area contributed by atoms with Crippen LogP contribution >= 0.6 is 0 Å². The van der Waals surface area contributed by atoms with E-state index in [9.17, 15) is 9.18 Å². The number of hydrogen-bond acceptors (Lipinski definition) is 3. The average Bonchev–Trinajstić information content (AvgIpc) is 3.15. The highest BCUT2D eigenvalue weighted by molar-refractivity contribution is 6.07. The summed E-state index contributed by atoms with van der Waals surface area (Å²) < 4.78 is 21.2. The standard InChI is InChI=1S/C25H29FN2O2/c1-2-25(29)23-18-28(24-7-4-3-6-22(23)24)15-5-14-27-16-12-21(13-17-27)30-20-10-8-19(26)9-11-20/h3-4,6-11,18,21H,2,5,12-17H2,1H3. The molecule has 5 heteroatoms. The molecule has 1 saturated heterocycles. The maximum atomic E-state index is 13.0. The number of rotatable bonds is 8. The minimum absolute atomic E-state index is 0.197. The second-order valence-electron chi connectivity index (χ2n) is 8.00. The molecule has 2 heterocycles. The van der Waals surface area contributed by atoms with Crippen LogP contribution < -0.4 is 4.74 Å². The molecule has 1 fully saturated rings. The number of para-hydroxylation sites is 1. The van der Waals surface area contributed by atoms with Crippen molar-refractivity contribution in [3.8, 4) is 5.75 Å². The van der Waals surface area contributed by atoms with Crippen molar-refractivity contribution in [3.05, 3.63) is 66.1 Å². The number of carbonyl (C=O) groups is 1. The third-order valence-electron chi connectivity index (χ3n) is 5.93. The summed E-state index contributed by atoms with van der Waals surface area (Å²) in [5.41, 5.74) is 1.98. The van der Waals surface area contributed by atoms with Crippen LogP contribution in [0.5, 0.6) is 5.75 Å². The number of aromatic nitrogens is 1. The van der Waals surface area contributed by atoms with E-state index in [1.807, 2.05) is 31.3 Å². The van der Waals surface area contributed by atoms with Crippen molar-refractivity contribution in [2.24, 2.45) is 0 Å². The molecule has 0 saturated carbocycles. The van der Waals surface area contributed by atoms with Gasteiger partial charge >= 0.3 is 0 Å². The molecule has 0 unspecified atom stereocenters. The van der Waals surface area contributed by atoms with Crippen LogP contribution in [0.3, 0.4) is 0 Å². The number of ether oxygens (including phenoxy) is 1. The van der Waals surface area contributed by atoms with Gasteiger partial charge in [0.2, 0.25) is 0 Å². The van der Waals surface area contributed by atoms with Crippen LogP contribution in [0.1, 0.15) is 43.0 Å². The topological polar surface area (TPSA) is 34.5 Å². The highest BCUT2D eigenvalue weighted by Crippen LogP contribution is 2.23. The second kappa shape index (κ2) is 9.43. The van der Waals surface area contributed by atoms with E-state index in [-0.39, 0.29) is 17.7 Å². The molecular weight excluding hydrogens is 379 g/mol. The first-order valence-electron chi connectivity index (χ1n) is 10.9. The Morgan fingerprint density at radius 2 is 1.80 bits per heavy atom. The Kier molecular flexibility index (Phi) is 6.48.